The predicted octanol–water partition coefficient (Wildman–Crippen LogP) is 1.57. The van der Waals surface area contributed by atoms with Gasteiger partial charge in [0.05, 0.1) is 10.6 Å². The number of nitrogens with two attached hydrogens (primary N) is 2. The van der Waals surface area contributed by atoms with Crippen LogP contribution in [0.1, 0.15) is 5.56 Å². The number of primary sulfonamides is 1. The number of primary amides is 1. The van der Waals surface area contributed by atoms with Gasteiger partial charge in [-0.3, -0.25) is 4.79 Å². The van der Waals surface area contributed by atoms with Crippen molar-refractivity contribution in [2.24, 2.45) is 10.9 Å². The molecule has 0 aliphatic carbocycles. The molecule has 8 heteroatoms. The molecule has 106 valence electrons. The zero-order valence-electron chi connectivity index (χ0n) is 10.3. The molecule has 0 atom stereocenters. The second kappa shape index (κ2) is 5.96. The molecule has 1 aromatic heterocycles. The second-order valence-corrected chi connectivity index (χ2v) is 8.25. The van der Waals surface area contributed by atoms with Gasteiger partial charge in [-0.1, -0.05) is 23.9 Å². The molecule has 0 unspecified atom stereocenters. The maximum atomic E-state index is 11.2. The zero-order valence-corrected chi connectivity index (χ0v) is 12.7. The van der Waals surface area contributed by atoms with Crippen LogP contribution < -0.4 is 10.9 Å². The molecule has 20 heavy (non-hydrogen) atoms. The standard InChI is InChI=1S/C12H12N2O3S3/c13-10(15)7-8-1-3-9(4-2-8)18-11-5-6-12(19-11)20(14,16)17/h1-6H,7H2,(H2,13,15)(H2,14,16,17). The normalized spacial score (nSPS) is 11.4. The number of benzene rings is 1. The molecule has 0 saturated carbocycles. The first-order chi connectivity index (χ1) is 9.34. The summed E-state index contributed by atoms with van der Waals surface area (Å²) in [5.41, 5.74) is 5.96. The van der Waals surface area contributed by atoms with Crippen LogP contribution in [-0.4, -0.2) is 14.3 Å². The third-order valence-electron chi connectivity index (χ3n) is 2.36. The van der Waals surface area contributed by atoms with Crippen molar-refractivity contribution in [1.29, 1.82) is 0 Å². The first-order valence-electron chi connectivity index (χ1n) is 5.52. The van der Waals surface area contributed by atoms with Crippen LogP contribution in [0.4, 0.5) is 0 Å². The van der Waals surface area contributed by atoms with Crippen LogP contribution in [0.2, 0.25) is 0 Å². The predicted molar refractivity (Wildman–Crippen MR) is 79.2 cm³/mol. The van der Waals surface area contributed by atoms with Crippen molar-refractivity contribution in [3.8, 4) is 0 Å². The Hall–Kier alpha value is -1.35. The fraction of sp³-hybridized carbons (Fsp3) is 0.0833. The highest BCUT2D eigenvalue weighted by molar-refractivity contribution is 8.01. The lowest BCUT2D eigenvalue weighted by Gasteiger charge is -2.01. The van der Waals surface area contributed by atoms with E-state index >= 15 is 0 Å². The van der Waals surface area contributed by atoms with Crippen LogP contribution in [0.25, 0.3) is 0 Å². The van der Waals surface area contributed by atoms with Gasteiger partial charge >= 0.3 is 0 Å². The van der Waals surface area contributed by atoms with E-state index in [1.54, 1.807) is 6.07 Å². The van der Waals surface area contributed by atoms with Crippen molar-refractivity contribution in [2.45, 2.75) is 19.7 Å². The summed E-state index contributed by atoms with van der Waals surface area (Å²) in [7, 11) is -3.64. The topological polar surface area (TPSA) is 103 Å². The molecule has 0 fully saturated rings. The molecule has 1 aromatic carbocycles. The van der Waals surface area contributed by atoms with E-state index in [0.29, 0.717) is 0 Å². The second-order valence-electron chi connectivity index (χ2n) is 4.01. The minimum Gasteiger partial charge on any atom is -0.369 e. The number of rotatable bonds is 5. The van der Waals surface area contributed by atoms with Gasteiger partial charge in [0.2, 0.25) is 15.9 Å². The molecule has 4 N–H and O–H groups in total. The van der Waals surface area contributed by atoms with E-state index in [1.165, 1.54) is 17.8 Å². The number of thiophene rings is 1. The molecular formula is C12H12N2O3S3. The van der Waals surface area contributed by atoms with Gasteiger partial charge in [0.1, 0.15) is 4.21 Å². The van der Waals surface area contributed by atoms with Crippen LogP contribution in [0.15, 0.2) is 49.7 Å². The number of carbonyl (C=O) groups is 1. The highest BCUT2D eigenvalue weighted by atomic mass is 32.3. The average molecular weight is 328 g/mol. The molecule has 0 bridgehead atoms. The van der Waals surface area contributed by atoms with Crippen LogP contribution in [0, 0.1) is 0 Å². The summed E-state index contributed by atoms with van der Waals surface area (Å²) < 4.78 is 23.3. The van der Waals surface area contributed by atoms with E-state index in [0.717, 1.165) is 26.0 Å². The van der Waals surface area contributed by atoms with Gasteiger partial charge in [-0.15, -0.1) is 11.3 Å². The Morgan fingerprint density at radius 2 is 1.80 bits per heavy atom. The first-order valence-corrected chi connectivity index (χ1v) is 8.70. The largest absolute Gasteiger partial charge is 0.369 e. The van der Waals surface area contributed by atoms with E-state index in [4.69, 9.17) is 10.9 Å². The molecule has 0 radical (unpaired) electrons. The number of hydrogen-bond acceptors (Lipinski definition) is 5. The number of hydrogen-bond donors (Lipinski definition) is 2. The lowest BCUT2D eigenvalue weighted by atomic mass is 10.1. The third-order valence-corrected chi connectivity index (χ3v) is 6.02. The fourth-order valence-electron chi connectivity index (χ4n) is 1.50. The Balaban J connectivity index is 2.10. The summed E-state index contributed by atoms with van der Waals surface area (Å²) >= 11 is 2.56. The molecular weight excluding hydrogens is 316 g/mol. The van der Waals surface area contributed by atoms with Crippen molar-refractivity contribution >= 4 is 39.0 Å². The molecule has 2 rings (SSSR count). The molecule has 0 aliphatic heterocycles. The minimum atomic E-state index is -3.64. The van der Waals surface area contributed by atoms with E-state index < -0.39 is 10.0 Å². The summed E-state index contributed by atoms with van der Waals surface area (Å²) in [5.74, 6) is -0.374. The molecule has 2 aromatic rings. The molecule has 1 heterocycles. The Morgan fingerprint density at radius 3 is 2.30 bits per heavy atom. The Labute approximate surface area is 125 Å². The van der Waals surface area contributed by atoms with Crippen molar-refractivity contribution in [3.63, 3.8) is 0 Å². The highest BCUT2D eigenvalue weighted by Crippen LogP contribution is 2.34. The van der Waals surface area contributed by atoms with Crippen molar-refractivity contribution in [1.82, 2.24) is 0 Å². The summed E-state index contributed by atoms with van der Waals surface area (Å²) in [6.45, 7) is 0. The molecule has 0 aliphatic rings. The first kappa shape index (κ1) is 15.0. The van der Waals surface area contributed by atoms with Crippen LogP contribution in [0.5, 0.6) is 0 Å². The van der Waals surface area contributed by atoms with Crippen molar-refractivity contribution in [3.05, 3.63) is 42.0 Å². The fourth-order valence-corrected chi connectivity index (χ4v) is 4.49. The number of sulfonamides is 1. The number of carbonyl (C=O) groups excluding carboxylic acids is 1. The van der Waals surface area contributed by atoms with E-state index in [1.807, 2.05) is 24.3 Å². The third kappa shape index (κ3) is 4.07. The van der Waals surface area contributed by atoms with Gasteiger partial charge in [-0.25, -0.2) is 13.6 Å². The Kier molecular flexibility index (Phi) is 4.48. The van der Waals surface area contributed by atoms with E-state index in [-0.39, 0.29) is 16.5 Å². The monoisotopic (exact) mass is 328 g/mol. The smallest absolute Gasteiger partial charge is 0.247 e. The number of amides is 1. The SMILES string of the molecule is NC(=O)Cc1ccc(Sc2ccc(S(N)(=O)=O)s2)cc1. The van der Waals surface area contributed by atoms with Gasteiger partial charge in [-0.05, 0) is 29.8 Å². The molecule has 5 nitrogen and oxygen atoms in total. The molecule has 0 spiro atoms. The summed E-state index contributed by atoms with van der Waals surface area (Å²) in [6.07, 6.45) is 0.208. The van der Waals surface area contributed by atoms with Gasteiger partial charge in [0.15, 0.2) is 0 Å². The Bertz CT molecular complexity index is 721. The zero-order chi connectivity index (χ0) is 14.8. The van der Waals surface area contributed by atoms with Gasteiger partial charge in [0.25, 0.3) is 0 Å². The highest BCUT2D eigenvalue weighted by Gasteiger charge is 2.11. The molecule has 1 amide bonds. The van der Waals surface area contributed by atoms with Gasteiger partial charge in [-0.2, -0.15) is 0 Å². The van der Waals surface area contributed by atoms with Crippen LogP contribution in [-0.2, 0) is 21.2 Å². The van der Waals surface area contributed by atoms with Crippen LogP contribution >= 0.6 is 23.1 Å². The lowest BCUT2D eigenvalue weighted by Crippen LogP contribution is -2.13. The quantitative estimate of drug-likeness (QED) is 0.869. The maximum absolute atomic E-state index is 11.2. The lowest BCUT2D eigenvalue weighted by molar-refractivity contribution is -0.117. The summed E-state index contributed by atoms with van der Waals surface area (Å²) in [4.78, 5) is 11.7. The summed E-state index contributed by atoms with van der Waals surface area (Å²) in [6, 6.07) is 10.6. The Morgan fingerprint density at radius 1 is 1.15 bits per heavy atom. The molecule has 0 saturated heterocycles. The average Bonchev–Trinajstić information content (AvgIpc) is 2.79. The van der Waals surface area contributed by atoms with Crippen molar-refractivity contribution in [2.75, 3.05) is 0 Å². The van der Waals surface area contributed by atoms with E-state index in [9.17, 15) is 13.2 Å². The minimum absolute atomic E-state index is 0.144. The van der Waals surface area contributed by atoms with Crippen LogP contribution in [0.3, 0.4) is 0 Å². The van der Waals surface area contributed by atoms with Gasteiger partial charge in [0, 0.05) is 4.90 Å². The summed E-state index contributed by atoms with van der Waals surface area (Å²) in [5, 5.41) is 5.06. The maximum Gasteiger partial charge on any atom is 0.247 e. The van der Waals surface area contributed by atoms with Crippen molar-refractivity contribution < 1.29 is 13.2 Å². The van der Waals surface area contributed by atoms with E-state index in [2.05, 4.69) is 0 Å². The van der Waals surface area contributed by atoms with Gasteiger partial charge < -0.3 is 5.73 Å².